The average Bonchev–Trinajstić information content (AvgIpc) is 2.37. The molecule has 7 nitrogen and oxygen atoms in total. The lowest BCUT2D eigenvalue weighted by atomic mass is 9.86. The first kappa shape index (κ1) is 15.5. The summed E-state index contributed by atoms with van der Waals surface area (Å²) in [5.41, 5.74) is 0.181. The van der Waals surface area contributed by atoms with Crippen LogP contribution in [-0.2, 0) is 14.3 Å². The number of rotatable bonds is 6. The summed E-state index contributed by atoms with van der Waals surface area (Å²) >= 11 is 0. The molecule has 0 spiro atoms. The Morgan fingerprint density at radius 1 is 1.40 bits per heavy atom. The van der Waals surface area contributed by atoms with E-state index in [0.29, 0.717) is 0 Å². The van der Waals surface area contributed by atoms with E-state index < -0.39 is 41.1 Å². The van der Waals surface area contributed by atoms with Gasteiger partial charge in [-0.2, -0.15) is 0 Å². The number of nitro groups is 1. The van der Waals surface area contributed by atoms with Crippen molar-refractivity contribution in [1.29, 1.82) is 0 Å². The second kappa shape index (κ2) is 6.60. The van der Waals surface area contributed by atoms with Crippen LogP contribution in [0.25, 0.3) is 0 Å². The number of methoxy groups -OCH3 is 1. The molecule has 1 N–H and O–H groups in total. The Kier molecular flexibility index (Phi) is 5.13. The van der Waals surface area contributed by atoms with Crippen LogP contribution in [-0.4, -0.2) is 35.6 Å². The highest BCUT2D eigenvalue weighted by molar-refractivity contribution is 5.95. The third-order valence-electron chi connectivity index (χ3n) is 2.77. The summed E-state index contributed by atoms with van der Waals surface area (Å²) in [6.07, 6.45) is 0. The van der Waals surface area contributed by atoms with E-state index in [1.54, 1.807) is 0 Å². The summed E-state index contributed by atoms with van der Waals surface area (Å²) in [6, 6.07) is 4.50. The van der Waals surface area contributed by atoms with Crippen LogP contribution in [0.15, 0.2) is 24.3 Å². The maximum Gasteiger partial charge on any atom is 0.320 e. The first-order chi connectivity index (χ1) is 9.36. The number of aliphatic carboxylic acids is 1. The number of carbonyl (C=O) groups is 2. The summed E-state index contributed by atoms with van der Waals surface area (Å²) < 4.78 is 17.2. The highest BCUT2D eigenvalue weighted by atomic mass is 19.1. The Hall–Kier alpha value is -2.51. The quantitative estimate of drug-likeness (QED) is 0.362. The van der Waals surface area contributed by atoms with Gasteiger partial charge in [0.05, 0.1) is 13.0 Å². The van der Waals surface area contributed by atoms with Crippen molar-refractivity contribution in [1.82, 2.24) is 0 Å². The van der Waals surface area contributed by atoms with Crippen molar-refractivity contribution in [2.45, 2.75) is 5.92 Å². The van der Waals surface area contributed by atoms with E-state index in [2.05, 4.69) is 4.74 Å². The number of nitrogens with zero attached hydrogens (tertiary/aromatic N) is 1. The number of carboxylic acid groups (broad SMARTS) is 1. The van der Waals surface area contributed by atoms with E-state index in [1.165, 1.54) is 12.1 Å². The molecule has 0 amide bonds. The van der Waals surface area contributed by atoms with Gasteiger partial charge in [-0.3, -0.25) is 19.7 Å². The van der Waals surface area contributed by atoms with Crippen LogP contribution in [0.4, 0.5) is 4.39 Å². The third kappa shape index (κ3) is 3.74. The van der Waals surface area contributed by atoms with Gasteiger partial charge in [0.2, 0.25) is 6.54 Å². The van der Waals surface area contributed by atoms with Crippen molar-refractivity contribution in [3.05, 3.63) is 45.8 Å². The van der Waals surface area contributed by atoms with E-state index in [4.69, 9.17) is 5.11 Å². The maximum absolute atomic E-state index is 12.9. The molecule has 2 atom stereocenters. The molecule has 108 valence electrons. The maximum atomic E-state index is 12.9. The van der Waals surface area contributed by atoms with Gasteiger partial charge < -0.3 is 9.84 Å². The minimum atomic E-state index is -1.73. The van der Waals surface area contributed by atoms with Crippen LogP contribution in [0.2, 0.25) is 0 Å². The summed E-state index contributed by atoms with van der Waals surface area (Å²) in [6.45, 7) is -0.780. The number of carbonyl (C=O) groups excluding carboxylic acids is 1. The Bertz CT molecular complexity index is 515. The molecule has 2 unspecified atom stereocenters. The fourth-order valence-corrected chi connectivity index (χ4v) is 1.84. The molecule has 1 rings (SSSR count). The van der Waals surface area contributed by atoms with Gasteiger partial charge in [0.25, 0.3) is 0 Å². The number of benzene rings is 1. The standard InChI is InChI=1S/C12H12FNO6/c1-20-12(17)10(11(15)16)9(6-14(18)19)7-2-4-8(13)5-3-7/h2-5,9-10H,6H2,1H3,(H,15,16). The van der Waals surface area contributed by atoms with Gasteiger partial charge in [-0.15, -0.1) is 0 Å². The zero-order valence-electron chi connectivity index (χ0n) is 10.5. The van der Waals surface area contributed by atoms with Crippen LogP contribution < -0.4 is 0 Å². The van der Waals surface area contributed by atoms with E-state index in [-0.39, 0.29) is 5.56 Å². The smallest absolute Gasteiger partial charge is 0.320 e. The molecule has 0 aliphatic carbocycles. The number of hydrogen-bond acceptors (Lipinski definition) is 5. The lowest BCUT2D eigenvalue weighted by Crippen LogP contribution is -2.34. The zero-order chi connectivity index (χ0) is 15.3. The van der Waals surface area contributed by atoms with Crippen molar-refractivity contribution < 1.29 is 28.7 Å². The van der Waals surface area contributed by atoms with Crippen molar-refractivity contribution >= 4 is 11.9 Å². The molecule has 0 aliphatic rings. The molecule has 20 heavy (non-hydrogen) atoms. The predicted octanol–water partition coefficient (Wildman–Crippen LogP) is 1.06. The van der Waals surface area contributed by atoms with Gasteiger partial charge in [-0.1, -0.05) is 12.1 Å². The van der Waals surface area contributed by atoms with Gasteiger partial charge in [-0.05, 0) is 17.7 Å². The largest absolute Gasteiger partial charge is 0.481 e. The zero-order valence-corrected chi connectivity index (χ0v) is 10.5. The Morgan fingerprint density at radius 2 is 1.95 bits per heavy atom. The molecule has 0 fully saturated rings. The molecule has 1 aromatic rings. The summed E-state index contributed by atoms with van der Waals surface area (Å²) in [7, 11) is 0.992. The molecule has 0 saturated carbocycles. The molecule has 0 aromatic heterocycles. The molecular formula is C12H12FNO6. The van der Waals surface area contributed by atoms with Crippen LogP contribution in [0, 0.1) is 21.8 Å². The number of ether oxygens (including phenoxy) is 1. The summed E-state index contributed by atoms with van der Waals surface area (Å²) in [5, 5.41) is 19.8. The summed E-state index contributed by atoms with van der Waals surface area (Å²) in [4.78, 5) is 32.6. The van der Waals surface area contributed by atoms with E-state index in [9.17, 15) is 24.1 Å². The first-order valence-corrected chi connectivity index (χ1v) is 5.54. The van der Waals surface area contributed by atoms with Crippen LogP contribution in [0.1, 0.15) is 11.5 Å². The Morgan fingerprint density at radius 3 is 2.35 bits per heavy atom. The van der Waals surface area contributed by atoms with Crippen LogP contribution >= 0.6 is 0 Å². The van der Waals surface area contributed by atoms with E-state index >= 15 is 0 Å². The Labute approximate surface area is 113 Å². The predicted molar refractivity (Wildman–Crippen MR) is 64.1 cm³/mol. The van der Waals surface area contributed by atoms with Gasteiger partial charge in [-0.25, -0.2) is 4.39 Å². The molecule has 0 bridgehead atoms. The number of halogens is 1. The van der Waals surface area contributed by atoms with E-state index in [1.807, 2.05) is 0 Å². The second-order valence-corrected chi connectivity index (χ2v) is 4.01. The number of esters is 1. The van der Waals surface area contributed by atoms with Gasteiger partial charge in [0.15, 0.2) is 5.92 Å². The molecule has 0 radical (unpaired) electrons. The fraction of sp³-hybridized carbons (Fsp3) is 0.333. The molecule has 0 heterocycles. The lowest BCUT2D eigenvalue weighted by Gasteiger charge is -2.19. The summed E-state index contributed by atoms with van der Waals surface area (Å²) in [5.74, 6) is -6.16. The highest BCUT2D eigenvalue weighted by Crippen LogP contribution is 2.27. The third-order valence-corrected chi connectivity index (χ3v) is 2.77. The minimum absolute atomic E-state index is 0.181. The van der Waals surface area contributed by atoms with Gasteiger partial charge in [0, 0.05) is 4.92 Å². The minimum Gasteiger partial charge on any atom is -0.481 e. The average molecular weight is 285 g/mol. The topological polar surface area (TPSA) is 107 Å². The number of hydrogen-bond donors (Lipinski definition) is 1. The molecule has 1 aromatic carbocycles. The van der Waals surface area contributed by atoms with Crippen molar-refractivity contribution in [3.63, 3.8) is 0 Å². The molecular weight excluding hydrogens is 273 g/mol. The molecule has 0 saturated heterocycles. The lowest BCUT2D eigenvalue weighted by molar-refractivity contribution is -0.484. The molecule has 0 aliphatic heterocycles. The SMILES string of the molecule is COC(=O)C(C(=O)O)C(C[N+](=O)[O-])c1ccc(F)cc1. The highest BCUT2D eigenvalue weighted by Gasteiger charge is 2.39. The normalized spacial score (nSPS) is 13.3. The van der Waals surface area contributed by atoms with Crippen molar-refractivity contribution in [2.24, 2.45) is 5.92 Å². The van der Waals surface area contributed by atoms with Gasteiger partial charge in [0.1, 0.15) is 5.82 Å². The van der Waals surface area contributed by atoms with Crippen LogP contribution in [0.5, 0.6) is 0 Å². The second-order valence-electron chi connectivity index (χ2n) is 4.01. The number of carboxylic acids is 1. The van der Waals surface area contributed by atoms with Crippen LogP contribution in [0.3, 0.4) is 0 Å². The van der Waals surface area contributed by atoms with Crippen molar-refractivity contribution in [2.75, 3.05) is 13.7 Å². The Balaban J connectivity index is 3.21. The first-order valence-electron chi connectivity index (χ1n) is 5.54. The van der Waals surface area contributed by atoms with Crippen molar-refractivity contribution in [3.8, 4) is 0 Å². The van der Waals surface area contributed by atoms with Gasteiger partial charge >= 0.3 is 11.9 Å². The fourth-order valence-electron chi connectivity index (χ4n) is 1.84. The monoisotopic (exact) mass is 285 g/mol. The van der Waals surface area contributed by atoms with E-state index in [0.717, 1.165) is 19.2 Å². The molecule has 8 heteroatoms.